The number of anilines is 2. The van der Waals surface area contributed by atoms with Crippen molar-refractivity contribution in [2.45, 2.75) is 64.3 Å². The van der Waals surface area contributed by atoms with Gasteiger partial charge in [-0.1, -0.05) is 38.7 Å². The molecular formula is C19H30ClN3O2. The molecule has 0 heterocycles. The predicted octanol–water partition coefficient (Wildman–Crippen LogP) is 4.08. The first-order chi connectivity index (χ1) is 11.4. The van der Waals surface area contributed by atoms with E-state index in [2.05, 4.69) is 10.6 Å². The lowest BCUT2D eigenvalue weighted by molar-refractivity contribution is -0.121. The lowest BCUT2D eigenvalue weighted by Gasteiger charge is -2.23. The van der Waals surface area contributed by atoms with Crippen LogP contribution < -0.4 is 16.4 Å². The molecule has 2 rings (SSSR count). The van der Waals surface area contributed by atoms with Gasteiger partial charge in [-0.3, -0.25) is 9.59 Å². The van der Waals surface area contributed by atoms with E-state index in [4.69, 9.17) is 5.73 Å². The summed E-state index contributed by atoms with van der Waals surface area (Å²) in [6.07, 6.45) is 6.87. The summed E-state index contributed by atoms with van der Waals surface area (Å²) in [5.41, 5.74) is 6.51. The summed E-state index contributed by atoms with van der Waals surface area (Å²) in [7, 11) is 0. The molecule has 1 aliphatic carbocycles. The number of amides is 2. The Bertz CT molecular complexity index is 584. The van der Waals surface area contributed by atoms with Gasteiger partial charge in [0.05, 0.1) is 5.54 Å². The highest BCUT2D eigenvalue weighted by Gasteiger charge is 2.27. The van der Waals surface area contributed by atoms with Gasteiger partial charge in [0.2, 0.25) is 11.8 Å². The van der Waals surface area contributed by atoms with E-state index < -0.39 is 5.54 Å². The second-order valence-corrected chi connectivity index (χ2v) is 7.03. The molecule has 2 amide bonds. The van der Waals surface area contributed by atoms with Crippen LogP contribution in [0.15, 0.2) is 24.3 Å². The number of benzene rings is 1. The van der Waals surface area contributed by atoms with Gasteiger partial charge in [-0.15, -0.1) is 12.4 Å². The third-order valence-electron chi connectivity index (χ3n) is 4.65. The van der Waals surface area contributed by atoms with Crippen molar-refractivity contribution in [1.29, 1.82) is 0 Å². The van der Waals surface area contributed by atoms with Crippen LogP contribution in [0.5, 0.6) is 0 Å². The van der Waals surface area contributed by atoms with Crippen molar-refractivity contribution in [3.8, 4) is 0 Å². The fraction of sp³-hybridized carbons (Fsp3) is 0.579. The van der Waals surface area contributed by atoms with E-state index in [1.54, 1.807) is 19.1 Å². The molecule has 1 saturated carbocycles. The Morgan fingerprint density at radius 2 is 1.76 bits per heavy atom. The molecule has 0 aromatic heterocycles. The summed E-state index contributed by atoms with van der Waals surface area (Å²) >= 11 is 0. The Morgan fingerprint density at radius 3 is 2.36 bits per heavy atom. The molecule has 1 fully saturated rings. The summed E-state index contributed by atoms with van der Waals surface area (Å²) in [6.45, 7) is 3.74. The lowest BCUT2D eigenvalue weighted by Crippen LogP contribution is -2.48. The minimum Gasteiger partial charge on any atom is -0.326 e. The van der Waals surface area contributed by atoms with Crippen LogP contribution in [0.3, 0.4) is 0 Å². The molecule has 5 nitrogen and oxygen atoms in total. The number of carbonyl (C=O) groups excluding carboxylic acids is 2. The Morgan fingerprint density at radius 1 is 1.16 bits per heavy atom. The number of nitrogens with two attached hydrogens (primary N) is 1. The minimum atomic E-state index is -0.893. The zero-order valence-electron chi connectivity index (χ0n) is 15.1. The molecular weight excluding hydrogens is 338 g/mol. The number of nitrogens with one attached hydrogen (secondary N) is 2. The topological polar surface area (TPSA) is 84.2 Å². The van der Waals surface area contributed by atoms with E-state index in [9.17, 15) is 9.59 Å². The van der Waals surface area contributed by atoms with E-state index >= 15 is 0 Å². The number of hydrogen-bond donors (Lipinski definition) is 3. The summed E-state index contributed by atoms with van der Waals surface area (Å²) in [4.78, 5) is 24.6. The standard InChI is InChI=1S/C19H29N3O2.ClH/c1-3-12-19(2,20)18(24)22-16-11-7-10-15(13-16)21-17(23)14-8-5-4-6-9-14;/h7,10-11,13-14H,3-6,8-9,12,20H2,1-2H3,(H,21,23)(H,22,24);1H. The smallest absolute Gasteiger partial charge is 0.244 e. The molecule has 0 bridgehead atoms. The quantitative estimate of drug-likeness (QED) is 0.708. The van der Waals surface area contributed by atoms with Gasteiger partial charge in [-0.25, -0.2) is 0 Å². The second kappa shape index (κ2) is 9.78. The Balaban J connectivity index is 0.00000312. The molecule has 1 atom stereocenters. The zero-order chi connectivity index (χ0) is 17.6. The van der Waals surface area contributed by atoms with Crippen LogP contribution >= 0.6 is 12.4 Å². The van der Waals surface area contributed by atoms with E-state index in [1.165, 1.54) is 6.42 Å². The van der Waals surface area contributed by atoms with E-state index in [0.717, 1.165) is 32.1 Å². The summed E-state index contributed by atoms with van der Waals surface area (Å²) < 4.78 is 0. The Hall–Kier alpha value is -1.59. The van der Waals surface area contributed by atoms with E-state index in [0.29, 0.717) is 17.8 Å². The fourth-order valence-corrected chi connectivity index (χ4v) is 3.19. The Kier molecular flexibility index (Phi) is 8.39. The molecule has 4 N–H and O–H groups in total. The maximum Gasteiger partial charge on any atom is 0.244 e. The molecule has 0 spiro atoms. The first kappa shape index (κ1) is 21.5. The van der Waals surface area contributed by atoms with Crippen LogP contribution in [0.1, 0.15) is 58.8 Å². The fourth-order valence-electron chi connectivity index (χ4n) is 3.19. The molecule has 140 valence electrons. The third-order valence-corrected chi connectivity index (χ3v) is 4.65. The number of halogens is 1. The van der Waals surface area contributed by atoms with Gasteiger partial charge >= 0.3 is 0 Å². The number of hydrogen-bond acceptors (Lipinski definition) is 3. The molecule has 1 aromatic carbocycles. The average Bonchev–Trinajstić information content (AvgIpc) is 2.56. The second-order valence-electron chi connectivity index (χ2n) is 7.03. The van der Waals surface area contributed by atoms with Gasteiger partial charge in [-0.05, 0) is 44.4 Å². The largest absolute Gasteiger partial charge is 0.326 e. The average molecular weight is 368 g/mol. The van der Waals surface area contributed by atoms with Crippen LogP contribution in [0.4, 0.5) is 11.4 Å². The molecule has 1 aliphatic rings. The first-order valence-electron chi connectivity index (χ1n) is 8.93. The van der Waals surface area contributed by atoms with Crippen LogP contribution in [-0.2, 0) is 9.59 Å². The highest BCUT2D eigenvalue weighted by atomic mass is 35.5. The van der Waals surface area contributed by atoms with Gasteiger partial charge in [0.15, 0.2) is 0 Å². The molecule has 0 saturated heterocycles. The van der Waals surface area contributed by atoms with Gasteiger partial charge < -0.3 is 16.4 Å². The van der Waals surface area contributed by atoms with Crippen molar-refractivity contribution in [2.75, 3.05) is 10.6 Å². The SMILES string of the molecule is CCCC(C)(N)C(=O)Nc1cccc(NC(=O)C2CCCCC2)c1.Cl. The lowest BCUT2D eigenvalue weighted by atomic mass is 9.88. The third kappa shape index (κ3) is 6.33. The predicted molar refractivity (Wildman–Crippen MR) is 105 cm³/mol. The Labute approximate surface area is 156 Å². The van der Waals surface area contributed by atoms with Crippen molar-refractivity contribution in [1.82, 2.24) is 0 Å². The van der Waals surface area contributed by atoms with Crippen molar-refractivity contribution in [3.63, 3.8) is 0 Å². The van der Waals surface area contributed by atoms with Crippen LogP contribution in [0, 0.1) is 5.92 Å². The van der Waals surface area contributed by atoms with Gasteiger partial charge in [-0.2, -0.15) is 0 Å². The maximum absolute atomic E-state index is 12.3. The normalized spacial score (nSPS) is 17.1. The van der Waals surface area contributed by atoms with E-state index in [1.807, 2.05) is 19.1 Å². The summed E-state index contributed by atoms with van der Waals surface area (Å²) in [5.74, 6) is -0.0261. The summed E-state index contributed by atoms with van der Waals surface area (Å²) in [5, 5.41) is 5.81. The molecule has 1 unspecified atom stereocenters. The molecule has 25 heavy (non-hydrogen) atoms. The zero-order valence-corrected chi connectivity index (χ0v) is 16.0. The molecule has 1 aromatic rings. The van der Waals surface area contributed by atoms with Crippen LogP contribution in [0.25, 0.3) is 0 Å². The van der Waals surface area contributed by atoms with Gasteiger partial charge in [0, 0.05) is 17.3 Å². The van der Waals surface area contributed by atoms with Crippen LogP contribution in [-0.4, -0.2) is 17.4 Å². The number of rotatable bonds is 6. The van der Waals surface area contributed by atoms with Gasteiger partial charge in [0.25, 0.3) is 0 Å². The summed E-state index contributed by atoms with van der Waals surface area (Å²) in [6, 6.07) is 7.24. The van der Waals surface area contributed by atoms with Crippen molar-refractivity contribution >= 4 is 35.6 Å². The van der Waals surface area contributed by atoms with Crippen molar-refractivity contribution < 1.29 is 9.59 Å². The van der Waals surface area contributed by atoms with Crippen molar-refractivity contribution in [2.24, 2.45) is 11.7 Å². The van der Waals surface area contributed by atoms with E-state index in [-0.39, 0.29) is 30.1 Å². The monoisotopic (exact) mass is 367 g/mol. The van der Waals surface area contributed by atoms with Crippen molar-refractivity contribution in [3.05, 3.63) is 24.3 Å². The molecule has 0 radical (unpaired) electrons. The van der Waals surface area contributed by atoms with Gasteiger partial charge in [0.1, 0.15) is 0 Å². The number of carbonyl (C=O) groups is 2. The van der Waals surface area contributed by atoms with Crippen LogP contribution in [0.2, 0.25) is 0 Å². The highest BCUT2D eigenvalue weighted by Crippen LogP contribution is 2.25. The molecule has 0 aliphatic heterocycles. The molecule has 6 heteroatoms. The first-order valence-corrected chi connectivity index (χ1v) is 8.93. The maximum atomic E-state index is 12.3. The highest BCUT2D eigenvalue weighted by molar-refractivity contribution is 5.98. The minimum absolute atomic E-state index is 0.